The van der Waals surface area contributed by atoms with Gasteiger partial charge >= 0.3 is 13.8 Å². The van der Waals surface area contributed by atoms with Crippen LogP contribution >= 0.6 is 7.82 Å². The third-order valence-electron chi connectivity index (χ3n) is 8.87. The fourth-order valence-electron chi connectivity index (χ4n) is 5.62. The van der Waals surface area contributed by atoms with E-state index in [0.717, 1.165) is 77.0 Å². The minimum absolute atomic E-state index is 0.101. The van der Waals surface area contributed by atoms with Gasteiger partial charge in [-0.25, -0.2) is 4.57 Å². The van der Waals surface area contributed by atoms with E-state index in [0.29, 0.717) is 13.0 Å². The number of carbonyl (C=O) groups is 1. The smallest absolute Gasteiger partial charge is 0.457 e. The minimum Gasteiger partial charge on any atom is -0.457 e. The van der Waals surface area contributed by atoms with Crippen molar-refractivity contribution in [1.82, 2.24) is 0 Å². The Morgan fingerprint density at radius 1 is 0.611 bits per heavy atom. The number of aliphatic hydroxyl groups excluding tert-OH is 5. The Hall–Kier alpha value is -1.96. The molecule has 6 atom stereocenters. The predicted molar refractivity (Wildman–Crippen MR) is 212 cm³/mol. The maximum absolute atomic E-state index is 12.8. The van der Waals surface area contributed by atoms with Gasteiger partial charge < -0.3 is 39.9 Å². The van der Waals surface area contributed by atoms with E-state index in [1.165, 1.54) is 25.7 Å². The number of aliphatic hydroxyl groups is 5. The van der Waals surface area contributed by atoms with E-state index < -0.39 is 63.1 Å². The zero-order valence-electron chi connectivity index (χ0n) is 32.7. The summed E-state index contributed by atoms with van der Waals surface area (Å²) >= 11 is 0. The molecule has 0 amide bonds. The second-order valence-electron chi connectivity index (χ2n) is 13.7. The third-order valence-corrected chi connectivity index (χ3v) is 9.86. The number of carbonyl (C=O) groups excluding carboxylic acids is 1. The van der Waals surface area contributed by atoms with Crippen LogP contribution in [0.15, 0.2) is 60.8 Å². The van der Waals surface area contributed by atoms with Crippen molar-refractivity contribution < 1.29 is 58.3 Å². The normalized spacial score (nSPS) is 24.1. The molecule has 12 nitrogen and oxygen atoms in total. The van der Waals surface area contributed by atoms with Gasteiger partial charge in [0.05, 0.1) is 13.2 Å². The van der Waals surface area contributed by atoms with Crippen molar-refractivity contribution in [3.63, 3.8) is 0 Å². The highest BCUT2D eigenvalue weighted by atomic mass is 31.2. The topological polar surface area (TPSA) is 192 Å². The van der Waals surface area contributed by atoms with Crippen LogP contribution in [-0.4, -0.2) is 98.9 Å². The molecule has 0 bridgehead atoms. The fourth-order valence-corrected chi connectivity index (χ4v) is 6.59. The molecule has 0 radical (unpaired) electrons. The zero-order chi connectivity index (χ0) is 39.9. The van der Waals surface area contributed by atoms with Crippen LogP contribution in [-0.2, 0) is 27.9 Å². The van der Waals surface area contributed by atoms with Crippen LogP contribution in [0.25, 0.3) is 0 Å². The van der Waals surface area contributed by atoms with Crippen LogP contribution in [0.3, 0.4) is 0 Å². The lowest BCUT2D eigenvalue weighted by atomic mass is 9.85. The summed E-state index contributed by atoms with van der Waals surface area (Å²) in [6.45, 7) is 4.01. The van der Waals surface area contributed by atoms with Crippen molar-refractivity contribution in [2.75, 3.05) is 19.8 Å². The molecule has 6 N–H and O–H groups in total. The molecule has 0 aromatic heterocycles. The van der Waals surface area contributed by atoms with Crippen molar-refractivity contribution in [2.24, 2.45) is 0 Å². The van der Waals surface area contributed by atoms with Crippen LogP contribution in [0.2, 0.25) is 0 Å². The molecule has 1 fully saturated rings. The van der Waals surface area contributed by atoms with Crippen LogP contribution in [0.1, 0.15) is 129 Å². The van der Waals surface area contributed by atoms with Gasteiger partial charge in [-0.05, 0) is 70.6 Å². The monoisotopic (exact) mass is 786 g/mol. The zero-order valence-corrected chi connectivity index (χ0v) is 33.6. The SMILES string of the molecule is CC/C=C\C/C=C\C/C=C\C/C=C\CCCCC(=O)OC(COCCCCCCCC/C=C\CCCC)COP(=O)(O)OC1C(O)C(O)C(O)C(O)C1O. The number of unbranched alkanes of at least 4 members (excludes halogenated alkanes) is 10. The third kappa shape index (κ3) is 24.5. The van der Waals surface area contributed by atoms with Crippen molar-refractivity contribution >= 4 is 13.8 Å². The number of hydrogen-bond donors (Lipinski definition) is 6. The Kier molecular flexibility index (Phi) is 29.8. The van der Waals surface area contributed by atoms with E-state index in [2.05, 4.69) is 74.6 Å². The van der Waals surface area contributed by atoms with Gasteiger partial charge in [0.15, 0.2) is 0 Å². The second kappa shape index (κ2) is 32.2. The first-order valence-electron chi connectivity index (χ1n) is 20.1. The molecule has 0 aromatic rings. The van der Waals surface area contributed by atoms with Crippen molar-refractivity contribution in [1.29, 1.82) is 0 Å². The quantitative estimate of drug-likeness (QED) is 0.0176. The van der Waals surface area contributed by atoms with Crippen LogP contribution in [0.5, 0.6) is 0 Å². The molecule has 0 aromatic carbocycles. The fraction of sp³-hybridized carbons (Fsp3) is 0.732. The first kappa shape index (κ1) is 50.1. The predicted octanol–water partition coefficient (Wildman–Crippen LogP) is 7.08. The highest BCUT2D eigenvalue weighted by Crippen LogP contribution is 2.47. The van der Waals surface area contributed by atoms with Crippen LogP contribution in [0.4, 0.5) is 0 Å². The summed E-state index contributed by atoms with van der Waals surface area (Å²) in [5, 5.41) is 50.0. The van der Waals surface area contributed by atoms with Gasteiger partial charge in [0.1, 0.15) is 42.7 Å². The van der Waals surface area contributed by atoms with E-state index in [9.17, 15) is 39.8 Å². The number of phosphoric acid groups is 1. The molecule has 13 heteroatoms. The molecule has 1 aliphatic rings. The number of phosphoric ester groups is 1. The molecular formula is C41H71O12P. The maximum Gasteiger partial charge on any atom is 0.472 e. The molecule has 1 aliphatic carbocycles. The molecule has 312 valence electrons. The number of ether oxygens (including phenoxy) is 2. The highest BCUT2D eigenvalue weighted by molar-refractivity contribution is 7.47. The van der Waals surface area contributed by atoms with Crippen molar-refractivity contribution in [3.8, 4) is 0 Å². The molecular weight excluding hydrogens is 715 g/mol. The lowest BCUT2D eigenvalue weighted by Crippen LogP contribution is -2.64. The van der Waals surface area contributed by atoms with E-state index in [1.807, 2.05) is 0 Å². The van der Waals surface area contributed by atoms with Gasteiger partial charge in [0.25, 0.3) is 0 Å². The van der Waals surface area contributed by atoms with E-state index in [4.69, 9.17) is 18.5 Å². The minimum atomic E-state index is -5.03. The molecule has 1 rings (SSSR count). The van der Waals surface area contributed by atoms with Gasteiger partial charge in [0.2, 0.25) is 0 Å². The lowest BCUT2D eigenvalue weighted by Gasteiger charge is -2.41. The Morgan fingerprint density at radius 2 is 1.09 bits per heavy atom. The number of esters is 1. The largest absolute Gasteiger partial charge is 0.472 e. The summed E-state index contributed by atoms with van der Waals surface area (Å²) in [5.74, 6) is -0.524. The summed E-state index contributed by atoms with van der Waals surface area (Å²) in [7, 11) is -5.03. The van der Waals surface area contributed by atoms with Gasteiger partial charge in [-0.1, -0.05) is 113 Å². The first-order chi connectivity index (χ1) is 26.0. The summed E-state index contributed by atoms with van der Waals surface area (Å²) < 4.78 is 34.0. The number of rotatable bonds is 32. The van der Waals surface area contributed by atoms with E-state index >= 15 is 0 Å². The number of hydrogen-bond acceptors (Lipinski definition) is 11. The Labute approximate surface area is 324 Å². The summed E-state index contributed by atoms with van der Waals surface area (Å²) in [6, 6.07) is 0. The van der Waals surface area contributed by atoms with Crippen LogP contribution in [0, 0.1) is 0 Å². The van der Waals surface area contributed by atoms with Gasteiger partial charge in [0, 0.05) is 13.0 Å². The first-order valence-corrected chi connectivity index (χ1v) is 21.6. The lowest BCUT2D eigenvalue weighted by molar-refractivity contribution is -0.220. The van der Waals surface area contributed by atoms with Crippen LogP contribution < -0.4 is 0 Å². The van der Waals surface area contributed by atoms with Crippen molar-refractivity contribution in [2.45, 2.75) is 172 Å². The molecule has 6 unspecified atom stereocenters. The Balaban J connectivity index is 2.51. The summed E-state index contributed by atoms with van der Waals surface area (Å²) in [5.41, 5.74) is 0. The van der Waals surface area contributed by atoms with Crippen molar-refractivity contribution in [3.05, 3.63) is 60.8 Å². The number of allylic oxidation sites excluding steroid dienone is 10. The second-order valence-corrected chi connectivity index (χ2v) is 15.2. The average molecular weight is 787 g/mol. The molecule has 0 aliphatic heterocycles. The molecule has 1 saturated carbocycles. The summed E-state index contributed by atoms with van der Waals surface area (Å²) in [6.07, 6.45) is 25.9. The maximum atomic E-state index is 12.8. The highest BCUT2D eigenvalue weighted by Gasteiger charge is 2.51. The summed E-state index contributed by atoms with van der Waals surface area (Å²) in [4.78, 5) is 23.0. The molecule has 0 heterocycles. The molecule has 54 heavy (non-hydrogen) atoms. The Morgan fingerprint density at radius 3 is 1.69 bits per heavy atom. The Bertz CT molecular complexity index is 1120. The van der Waals surface area contributed by atoms with Gasteiger partial charge in [-0.15, -0.1) is 0 Å². The van der Waals surface area contributed by atoms with E-state index in [1.54, 1.807) is 0 Å². The standard InChI is InChI=1S/C41H71O12P/c1-3-5-7-9-11-13-15-17-18-19-20-22-24-26-28-30-35(42)52-34(32-50-31-29-27-25-23-21-16-14-12-10-8-6-4-2)33-51-54(48,49)53-41-39(46)37(44)36(43)38(45)40(41)47/h5,7,10-13,17-18,20,22,34,36-41,43-47H,3-4,6,8-9,14-16,19,21,23-33H2,1-2H3,(H,48,49)/b7-5-,12-10-,13-11-,18-17-,22-20-. The molecule has 0 spiro atoms. The van der Waals surface area contributed by atoms with E-state index in [-0.39, 0.29) is 13.0 Å². The average Bonchev–Trinajstić information content (AvgIpc) is 3.15. The van der Waals surface area contributed by atoms with Gasteiger partial charge in [-0.2, -0.15) is 0 Å². The molecule has 0 saturated heterocycles. The van der Waals surface area contributed by atoms with Gasteiger partial charge in [-0.3, -0.25) is 13.8 Å².